The van der Waals surface area contributed by atoms with Crippen molar-refractivity contribution in [3.63, 3.8) is 0 Å². The number of halogens is 3. The van der Waals surface area contributed by atoms with Gasteiger partial charge in [-0.05, 0) is 23.6 Å². The number of benzene rings is 1. The Morgan fingerprint density at radius 2 is 1.96 bits per heavy atom. The summed E-state index contributed by atoms with van der Waals surface area (Å²) in [6, 6.07) is 3.23. The van der Waals surface area contributed by atoms with E-state index < -0.39 is 34.1 Å². The van der Waals surface area contributed by atoms with Crippen LogP contribution in [-0.4, -0.2) is 18.0 Å². The molecule has 0 radical (unpaired) electrons. The van der Waals surface area contributed by atoms with Crippen LogP contribution in [-0.2, 0) is 10.9 Å². The Morgan fingerprint density at radius 1 is 1.26 bits per heavy atom. The van der Waals surface area contributed by atoms with Crippen LogP contribution in [0.25, 0.3) is 0 Å². The molecule has 0 aliphatic rings. The number of rotatable bonds is 4. The van der Waals surface area contributed by atoms with E-state index in [0.717, 1.165) is 24.5 Å². The highest BCUT2D eigenvalue weighted by Gasteiger charge is 2.33. The molecule has 23 heavy (non-hydrogen) atoms. The molecular formula is C13H8F3NO5S. The Hall–Kier alpha value is -2.62. The molecule has 1 aromatic heterocycles. The number of thiophene rings is 1. The van der Waals surface area contributed by atoms with Crippen LogP contribution in [0, 0.1) is 10.1 Å². The number of methoxy groups -OCH3 is 1. The van der Waals surface area contributed by atoms with Crippen molar-refractivity contribution in [1.82, 2.24) is 0 Å². The number of carbonyl (C=O) groups excluding carboxylic acids is 1. The van der Waals surface area contributed by atoms with Gasteiger partial charge in [-0.15, -0.1) is 11.3 Å². The molecule has 0 saturated heterocycles. The van der Waals surface area contributed by atoms with E-state index in [2.05, 4.69) is 4.74 Å². The molecule has 122 valence electrons. The van der Waals surface area contributed by atoms with E-state index in [9.17, 15) is 28.1 Å². The maximum Gasteiger partial charge on any atom is 0.416 e. The first kappa shape index (κ1) is 16.7. The summed E-state index contributed by atoms with van der Waals surface area (Å²) in [5, 5.41) is 12.5. The first-order valence-electron chi connectivity index (χ1n) is 5.93. The van der Waals surface area contributed by atoms with E-state index in [1.807, 2.05) is 0 Å². The standard InChI is InChI=1S/C13H8F3NO5S/c1-21-12(18)11-10(4-5-23-11)22-9-3-2-7(13(14,15)16)6-8(9)17(19)20/h2-6H,1H3. The zero-order valence-electron chi connectivity index (χ0n) is 11.4. The SMILES string of the molecule is COC(=O)c1sccc1Oc1ccc(C(F)(F)F)cc1[N+](=O)[O-]. The monoisotopic (exact) mass is 347 g/mol. The minimum atomic E-state index is -4.72. The van der Waals surface area contributed by atoms with Gasteiger partial charge in [0.1, 0.15) is 0 Å². The number of esters is 1. The van der Waals surface area contributed by atoms with E-state index in [1.165, 1.54) is 11.4 Å². The van der Waals surface area contributed by atoms with E-state index in [4.69, 9.17) is 4.74 Å². The lowest BCUT2D eigenvalue weighted by Crippen LogP contribution is -2.06. The molecule has 0 spiro atoms. The quantitative estimate of drug-likeness (QED) is 0.469. The maximum atomic E-state index is 12.6. The van der Waals surface area contributed by atoms with Crippen molar-refractivity contribution in [2.75, 3.05) is 7.11 Å². The predicted octanol–water partition coefficient (Wildman–Crippen LogP) is 4.25. The normalized spacial score (nSPS) is 11.1. The average Bonchev–Trinajstić information content (AvgIpc) is 2.93. The average molecular weight is 347 g/mol. The number of nitrogens with zero attached hydrogens (tertiary/aromatic N) is 1. The molecule has 0 amide bonds. The van der Waals surface area contributed by atoms with Gasteiger partial charge in [0, 0.05) is 6.07 Å². The lowest BCUT2D eigenvalue weighted by Gasteiger charge is -2.10. The first-order valence-corrected chi connectivity index (χ1v) is 6.81. The van der Waals surface area contributed by atoms with E-state index in [1.54, 1.807) is 0 Å². The Bertz CT molecular complexity index is 756. The van der Waals surface area contributed by atoms with E-state index >= 15 is 0 Å². The summed E-state index contributed by atoms with van der Waals surface area (Å²) in [4.78, 5) is 21.5. The molecule has 0 atom stereocenters. The maximum absolute atomic E-state index is 12.6. The Balaban J connectivity index is 2.43. The highest BCUT2D eigenvalue weighted by atomic mass is 32.1. The van der Waals surface area contributed by atoms with Crippen molar-refractivity contribution in [3.8, 4) is 11.5 Å². The number of hydrogen-bond acceptors (Lipinski definition) is 6. The van der Waals surface area contributed by atoms with Crippen LogP contribution in [0.15, 0.2) is 29.6 Å². The lowest BCUT2D eigenvalue weighted by atomic mass is 10.2. The van der Waals surface area contributed by atoms with Gasteiger partial charge in [0.05, 0.1) is 17.6 Å². The van der Waals surface area contributed by atoms with Gasteiger partial charge in [0.25, 0.3) is 0 Å². The molecule has 2 aromatic rings. The van der Waals surface area contributed by atoms with Crippen LogP contribution in [0.3, 0.4) is 0 Å². The van der Waals surface area contributed by atoms with Crippen molar-refractivity contribution in [1.29, 1.82) is 0 Å². The molecule has 0 fully saturated rings. The van der Waals surface area contributed by atoms with Crippen molar-refractivity contribution >= 4 is 23.0 Å². The smallest absolute Gasteiger partial charge is 0.416 e. The number of alkyl halides is 3. The van der Waals surface area contributed by atoms with Crippen LogP contribution in [0.1, 0.15) is 15.2 Å². The third-order valence-corrected chi connectivity index (χ3v) is 3.58. The first-order chi connectivity index (χ1) is 10.7. The Kier molecular flexibility index (Phi) is 4.55. The van der Waals surface area contributed by atoms with Gasteiger partial charge in [0.15, 0.2) is 10.6 Å². The second-order valence-corrected chi connectivity index (χ2v) is 5.06. The number of nitro groups is 1. The summed E-state index contributed by atoms with van der Waals surface area (Å²) in [5.74, 6) is -1.17. The summed E-state index contributed by atoms with van der Waals surface area (Å²) in [6.07, 6.45) is -4.72. The van der Waals surface area contributed by atoms with Crippen LogP contribution >= 0.6 is 11.3 Å². The summed E-state index contributed by atoms with van der Waals surface area (Å²) in [5.41, 5.74) is -2.03. The van der Waals surface area contributed by atoms with Crippen molar-refractivity contribution < 1.29 is 32.4 Å². The minimum Gasteiger partial charge on any atom is -0.465 e. The Morgan fingerprint density at radius 3 is 2.52 bits per heavy atom. The van der Waals surface area contributed by atoms with E-state index in [0.29, 0.717) is 12.1 Å². The molecule has 6 nitrogen and oxygen atoms in total. The number of ether oxygens (including phenoxy) is 2. The van der Waals surface area contributed by atoms with Crippen molar-refractivity contribution in [3.05, 3.63) is 50.2 Å². The topological polar surface area (TPSA) is 78.7 Å². The van der Waals surface area contributed by atoms with Gasteiger partial charge in [-0.3, -0.25) is 10.1 Å². The van der Waals surface area contributed by atoms with Crippen LogP contribution in [0.2, 0.25) is 0 Å². The molecule has 0 bridgehead atoms. The third kappa shape index (κ3) is 3.59. The third-order valence-electron chi connectivity index (χ3n) is 2.70. The largest absolute Gasteiger partial charge is 0.465 e. The molecule has 10 heteroatoms. The van der Waals surface area contributed by atoms with E-state index in [-0.39, 0.29) is 10.6 Å². The molecule has 0 unspecified atom stereocenters. The van der Waals surface area contributed by atoms with Gasteiger partial charge in [-0.1, -0.05) is 0 Å². The molecule has 0 aliphatic carbocycles. The van der Waals surface area contributed by atoms with Gasteiger partial charge in [0.2, 0.25) is 5.75 Å². The lowest BCUT2D eigenvalue weighted by molar-refractivity contribution is -0.385. The number of hydrogen-bond donors (Lipinski definition) is 0. The minimum absolute atomic E-state index is 0.0373. The zero-order chi connectivity index (χ0) is 17.2. The highest BCUT2D eigenvalue weighted by molar-refractivity contribution is 7.12. The fourth-order valence-corrected chi connectivity index (χ4v) is 2.39. The predicted molar refractivity (Wildman–Crippen MR) is 73.8 cm³/mol. The zero-order valence-corrected chi connectivity index (χ0v) is 12.2. The van der Waals surface area contributed by atoms with Crippen LogP contribution in [0.5, 0.6) is 11.5 Å². The molecule has 1 aromatic carbocycles. The molecule has 1 heterocycles. The van der Waals surface area contributed by atoms with Gasteiger partial charge < -0.3 is 9.47 Å². The van der Waals surface area contributed by atoms with Crippen LogP contribution in [0.4, 0.5) is 18.9 Å². The summed E-state index contributed by atoms with van der Waals surface area (Å²) < 4.78 is 47.7. The van der Waals surface area contributed by atoms with Gasteiger partial charge in [-0.2, -0.15) is 13.2 Å². The molecule has 0 aliphatic heterocycles. The highest BCUT2D eigenvalue weighted by Crippen LogP contribution is 2.39. The van der Waals surface area contributed by atoms with Gasteiger partial charge >= 0.3 is 17.8 Å². The number of nitro benzene ring substituents is 1. The number of carbonyl (C=O) groups is 1. The second kappa shape index (κ2) is 6.24. The van der Waals surface area contributed by atoms with Gasteiger partial charge in [-0.25, -0.2) is 4.79 Å². The second-order valence-electron chi connectivity index (χ2n) is 4.14. The van der Waals surface area contributed by atoms with Crippen molar-refractivity contribution in [2.24, 2.45) is 0 Å². The molecule has 0 N–H and O–H groups in total. The Labute approximate surface area is 131 Å². The fraction of sp³-hybridized carbons (Fsp3) is 0.154. The summed E-state index contributed by atoms with van der Waals surface area (Å²) in [7, 11) is 1.15. The molecule has 2 rings (SSSR count). The molecule has 0 saturated carbocycles. The van der Waals surface area contributed by atoms with Crippen LogP contribution < -0.4 is 4.74 Å². The summed E-state index contributed by atoms with van der Waals surface area (Å²) in [6.45, 7) is 0. The van der Waals surface area contributed by atoms with Crippen molar-refractivity contribution in [2.45, 2.75) is 6.18 Å². The summed E-state index contributed by atoms with van der Waals surface area (Å²) >= 11 is 0.974. The fourth-order valence-electron chi connectivity index (χ4n) is 1.66. The molecular weight excluding hydrogens is 339 g/mol.